The molecule has 0 aliphatic heterocycles. The summed E-state index contributed by atoms with van der Waals surface area (Å²) in [6.45, 7) is 2.78. The van der Waals surface area contributed by atoms with Crippen LogP contribution in [0, 0.1) is 0 Å². The van der Waals surface area contributed by atoms with Gasteiger partial charge in [-0.1, -0.05) is 30.3 Å². The van der Waals surface area contributed by atoms with E-state index in [-0.39, 0.29) is 5.91 Å². The summed E-state index contributed by atoms with van der Waals surface area (Å²) in [7, 11) is 0. The Morgan fingerprint density at radius 1 is 1.07 bits per heavy atom. The van der Waals surface area contributed by atoms with Crippen molar-refractivity contribution in [2.24, 2.45) is 0 Å². The van der Waals surface area contributed by atoms with Crippen LogP contribution in [-0.4, -0.2) is 25.2 Å². The average molecular weight is 359 g/mol. The number of fused-ring (bicyclic) bond motifs is 1. The summed E-state index contributed by atoms with van der Waals surface area (Å²) in [6, 6.07) is 18.1. The number of aromatic nitrogens is 4. The van der Waals surface area contributed by atoms with Gasteiger partial charge in [0, 0.05) is 31.3 Å². The molecule has 2 aromatic heterocycles. The predicted molar refractivity (Wildman–Crippen MR) is 106 cm³/mol. The summed E-state index contributed by atoms with van der Waals surface area (Å²) in [4.78, 5) is 17.1. The van der Waals surface area contributed by atoms with Crippen molar-refractivity contribution < 1.29 is 4.79 Å². The van der Waals surface area contributed by atoms with Crippen molar-refractivity contribution in [3.63, 3.8) is 0 Å². The molecule has 2 aromatic carbocycles. The van der Waals surface area contributed by atoms with Gasteiger partial charge in [-0.05, 0) is 31.2 Å². The Labute approximate surface area is 157 Å². The Kier molecular flexibility index (Phi) is 4.70. The maximum atomic E-state index is 12.4. The molecule has 0 saturated heterocycles. The summed E-state index contributed by atoms with van der Waals surface area (Å²) in [5.74, 6) is 0.833. The maximum Gasteiger partial charge on any atom is 0.224 e. The molecule has 136 valence electrons. The lowest BCUT2D eigenvalue weighted by Crippen LogP contribution is -2.13. The van der Waals surface area contributed by atoms with Crippen molar-refractivity contribution in [1.29, 1.82) is 0 Å². The summed E-state index contributed by atoms with van der Waals surface area (Å²) >= 11 is 0. The zero-order valence-electron chi connectivity index (χ0n) is 15.2. The molecule has 0 radical (unpaired) electrons. The van der Waals surface area contributed by atoms with Crippen LogP contribution in [-0.2, 0) is 17.8 Å². The van der Waals surface area contributed by atoms with Gasteiger partial charge < -0.3 is 5.32 Å². The highest BCUT2D eigenvalue weighted by Gasteiger charge is 2.14. The molecule has 0 aliphatic rings. The number of carbonyl (C=O) groups is 1. The molecule has 0 aliphatic carbocycles. The topological polar surface area (TPSA) is 64.7 Å². The second kappa shape index (κ2) is 7.45. The van der Waals surface area contributed by atoms with Gasteiger partial charge in [-0.15, -0.1) is 0 Å². The molecule has 0 atom stereocenters. The highest BCUT2D eigenvalue weighted by atomic mass is 16.1. The molecule has 0 bridgehead atoms. The number of hydrogen-bond acceptors (Lipinski definition) is 3. The number of amides is 1. The first-order valence-electron chi connectivity index (χ1n) is 9.08. The van der Waals surface area contributed by atoms with Crippen LogP contribution in [0.5, 0.6) is 0 Å². The van der Waals surface area contributed by atoms with E-state index in [1.165, 1.54) is 0 Å². The number of carbonyl (C=O) groups excluding carboxylic acids is 1. The highest BCUT2D eigenvalue weighted by molar-refractivity contribution is 5.90. The van der Waals surface area contributed by atoms with Gasteiger partial charge in [0.15, 0.2) is 0 Å². The fourth-order valence-corrected chi connectivity index (χ4v) is 3.16. The van der Waals surface area contributed by atoms with Gasteiger partial charge in [0.2, 0.25) is 5.91 Å². The molecule has 0 saturated carbocycles. The number of para-hydroxylation sites is 3. The quantitative estimate of drug-likeness (QED) is 0.569. The number of hydrogen-bond donors (Lipinski definition) is 1. The molecule has 1 amide bonds. The van der Waals surface area contributed by atoms with E-state index in [4.69, 9.17) is 4.98 Å². The standard InChI is InChI=1S/C21H21N5O/c1-2-25-15-16(14-22-25)23-21(27)13-12-20-24-18-10-6-7-11-19(18)26(20)17-8-4-3-5-9-17/h3-11,14-15H,2,12-13H2,1H3,(H,23,27). The van der Waals surface area contributed by atoms with Crippen molar-refractivity contribution in [3.05, 3.63) is 72.8 Å². The Hall–Kier alpha value is -3.41. The number of aryl methyl sites for hydroxylation is 2. The average Bonchev–Trinajstić information content (AvgIpc) is 3.31. The lowest BCUT2D eigenvalue weighted by Gasteiger charge is -2.09. The van der Waals surface area contributed by atoms with Crippen molar-refractivity contribution in [3.8, 4) is 5.69 Å². The van der Waals surface area contributed by atoms with E-state index in [0.29, 0.717) is 12.8 Å². The second-order valence-corrected chi connectivity index (χ2v) is 6.32. The van der Waals surface area contributed by atoms with Gasteiger partial charge in [0.25, 0.3) is 0 Å². The van der Waals surface area contributed by atoms with Crippen LogP contribution in [0.3, 0.4) is 0 Å². The number of nitrogens with one attached hydrogen (secondary N) is 1. The summed E-state index contributed by atoms with van der Waals surface area (Å²) in [6.07, 6.45) is 4.41. The maximum absolute atomic E-state index is 12.4. The van der Waals surface area contributed by atoms with Gasteiger partial charge in [-0.3, -0.25) is 14.0 Å². The molecular formula is C21H21N5O. The van der Waals surface area contributed by atoms with Crippen LogP contribution >= 0.6 is 0 Å². The lowest BCUT2D eigenvalue weighted by atomic mass is 10.2. The number of anilines is 1. The zero-order valence-corrected chi connectivity index (χ0v) is 15.2. The minimum absolute atomic E-state index is 0.0441. The van der Waals surface area contributed by atoms with Gasteiger partial charge in [0.05, 0.1) is 22.9 Å². The van der Waals surface area contributed by atoms with Crippen LogP contribution < -0.4 is 5.32 Å². The number of nitrogens with zero attached hydrogens (tertiary/aromatic N) is 4. The largest absolute Gasteiger partial charge is 0.323 e. The smallest absolute Gasteiger partial charge is 0.224 e. The zero-order chi connectivity index (χ0) is 18.6. The van der Waals surface area contributed by atoms with Gasteiger partial charge >= 0.3 is 0 Å². The third-order valence-corrected chi connectivity index (χ3v) is 4.46. The molecule has 1 N–H and O–H groups in total. The first kappa shape index (κ1) is 17.0. The third-order valence-electron chi connectivity index (χ3n) is 4.46. The molecule has 0 unspecified atom stereocenters. The number of imidazole rings is 1. The molecule has 0 spiro atoms. The van der Waals surface area contributed by atoms with Gasteiger partial charge in [-0.2, -0.15) is 5.10 Å². The van der Waals surface area contributed by atoms with Crippen LogP contribution in [0.1, 0.15) is 19.2 Å². The highest BCUT2D eigenvalue weighted by Crippen LogP contribution is 2.22. The molecular weight excluding hydrogens is 338 g/mol. The van der Waals surface area contributed by atoms with Crippen molar-refractivity contribution in [1.82, 2.24) is 19.3 Å². The Morgan fingerprint density at radius 3 is 2.63 bits per heavy atom. The van der Waals surface area contributed by atoms with Crippen molar-refractivity contribution in [2.45, 2.75) is 26.3 Å². The monoisotopic (exact) mass is 359 g/mol. The van der Waals surface area contributed by atoms with Gasteiger partial charge in [0.1, 0.15) is 5.82 Å². The molecule has 4 aromatic rings. The molecule has 0 fully saturated rings. The minimum Gasteiger partial charge on any atom is -0.323 e. The van der Waals surface area contributed by atoms with E-state index >= 15 is 0 Å². The van der Waals surface area contributed by atoms with Crippen LogP contribution in [0.2, 0.25) is 0 Å². The van der Waals surface area contributed by atoms with E-state index in [2.05, 4.69) is 33.2 Å². The normalized spacial score (nSPS) is 11.0. The predicted octanol–water partition coefficient (Wildman–Crippen LogP) is 3.81. The first-order chi connectivity index (χ1) is 13.2. The van der Waals surface area contributed by atoms with Crippen LogP contribution in [0.4, 0.5) is 5.69 Å². The van der Waals surface area contributed by atoms with Crippen molar-refractivity contribution in [2.75, 3.05) is 5.32 Å². The van der Waals surface area contributed by atoms with Crippen molar-refractivity contribution >= 4 is 22.6 Å². The molecule has 6 heteroatoms. The fourth-order valence-electron chi connectivity index (χ4n) is 3.16. The third kappa shape index (κ3) is 3.60. The number of benzene rings is 2. The van der Waals surface area contributed by atoms with Crippen LogP contribution in [0.25, 0.3) is 16.7 Å². The van der Waals surface area contributed by atoms with E-state index in [9.17, 15) is 4.79 Å². The SMILES string of the molecule is CCn1cc(NC(=O)CCc2nc3ccccc3n2-c2ccccc2)cn1. The van der Waals surface area contributed by atoms with E-state index < -0.39 is 0 Å². The fraction of sp³-hybridized carbons (Fsp3) is 0.190. The Bertz CT molecular complexity index is 1060. The molecule has 4 rings (SSSR count). The van der Waals surface area contributed by atoms with E-state index in [0.717, 1.165) is 34.8 Å². The molecule has 2 heterocycles. The Morgan fingerprint density at radius 2 is 1.85 bits per heavy atom. The van der Waals surface area contributed by atoms with E-state index in [1.807, 2.05) is 49.5 Å². The Balaban J connectivity index is 1.56. The van der Waals surface area contributed by atoms with E-state index in [1.54, 1.807) is 10.9 Å². The molecule has 27 heavy (non-hydrogen) atoms. The first-order valence-corrected chi connectivity index (χ1v) is 9.08. The number of rotatable bonds is 6. The minimum atomic E-state index is -0.0441. The summed E-state index contributed by atoms with van der Waals surface area (Å²) in [5.41, 5.74) is 3.74. The van der Waals surface area contributed by atoms with Gasteiger partial charge in [-0.25, -0.2) is 4.98 Å². The lowest BCUT2D eigenvalue weighted by molar-refractivity contribution is -0.116. The second-order valence-electron chi connectivity index (χ2n) is 6.32. The molecule has 6 nitrogen and oxygen atoms in total. The van der Waals surface area contributed by atoms with Crippen LogP contribution in [0.15, 0.2) is 67.0 Å². The summed E-state index contributed by atoms with van der Waals surface area (Å²) in [5, 5.41) is 7.07. The summed E-state index contributed by atoms with van der Waals surface area (Å²) < 4.78 is 3.90.